The number of benzene rings is 3. The summed E-state index contributed by atoms with van der Waals surface area (Å²) in [6.45, 7) is 6.67. The molecule has 46 heavy (non-hydrogen) atoms. The minimum atomic E-state index is -0.833. The molecule has 6 rings (SSSR count). The van der Waals surface area contributed by atoms with Crippen LogP contribution in [-0.4, -0.2) is 32.9 Å². The van der Waals surface area contributed by atoms with Crippen molar-refractivity contribution in [2.75, 3.05) is 6.61 Å². The number of nitrogens with zero attached hydrogens (tertiary/aromatic N) is 4. The molecule has 0 amide bonds. The normalized spacial score (nSPS) is 14.4. The smallest absolute Gasteiger partial charge is 0.338 e. The zero-order chi connectivity index (χ0) is 32.4. The van der Waals surface area contributed by atoms with Crippen molar-refractivity contribution in [1.29, 1.82) is 0 Å². The number of fused-ring (bicyclic) bond motifs is 1. The van der Waals surface area contributed by atoms with Crippen LogP contribution in [0.1, 0.15) is 31.0 Å². The number of aromatic nitrogens is 3. The third-order valence-electron chi connectivity index (χ3n) is 7.20. The van der Waals surface area contributed by atoms with Crippen molar-refractivity contribution in [3.05, 3.63) is 144 Å². The molecule has 3 aromatic carbocycles. The Labute approximate surface area is 276 Å². The molecule has 9 nitrogen and oxygen atoms in total. The first kappa shape index (κ1) is 30.9. The van der Waals surface area contributed by atoms with E-state index in [-0.39, 0.29) is 17.7 Å². The number of carbonyl (C=O) groups is 2. The van der Waals surface area contributed by atoms with Gasteiger partial charge < -0.3 is 9.47 Å². The lowest BCUT2D eigenvalue weighted by atomic mass is 9.96. The number of para-hydroxylation sites is 1. The zero-order valence-electron chi connectivity index (χ0n) is 24.8. The molecule has 3 heterocycles. The van der Waals surface area contributed by atoms with Gasteiger partial charge in [0, 0.05) is 28.7 Å². The number of allylic oxidation sites excluding steroid dienone is 1. The van der Waals surface area contributed by atoms with Crippen LogP contribution in [-0.2, 0) is 14.3 Å². The van der Waals surface area contributed by atoms with Gasteiger partial charge in [-0.3, -0.25) is 14.2 Å². The van der Waals surface area contributed by atoms with Gasteiger partial charge in [0.15, 0.2) is 4.80 Å². The molecule has 1 aliphatic heterocycles. The average molecular weight is 696 g/mol. The van der Waals surface area contributed by atoms with Gasteiger partial charge in [0.1, 0.15) is 12.4 Å². The van der Waals surface area contributed by atoms with Crippen LogP contribution in [0.2, 0.25) is 0 Å². The standard InChI is InChI=1S/C35H27BrN4O5S/c1-4-18-44-34(43)30-21(2)37-35-40(32(30)24-12-16-28(17-13-24)45-22(3)41)33(42)29(46-35)19-25-20-39(27-8-6-5-7-9-27)38-31(25)23-10-14-26(36)15-11-23/h4-17,19-20,32H,1,18H2,2-3H3/b29-19-. The number of halogens is 1. The van der Waals surface area contributed by atoms with E-state index in [1.807, 2.05) is 66.9 Å². The van der Waals surface area contributed by atoms with Gasteiger partial charge in [-0.05, 0) is 55.0 Å². The predicted octanol–water partition coefficient (Wildman–Crippen LogP) is 5.50. The number of hydrogen-bond donors (Lipinski definition) is 0. The van der Waals surface area contributed by atoms with Gasteiger partial charge in [0.2, 0.25) is 0 Å². The molecule has 11 heteroatoms. The van der Waals surface area contributed by atoms with Crippen LogP contribution in [0.15, 0.2) is 123 Å². The van der Waals surface area contributed by atoms with E-state index in [1.165, 1.54) is 28.9 Å². The minimum Gasteiger partial charge on any atom is -0.458 e. The molecule has 0 spiro atoms. The predicted molar refractivity (Wildman–Crippen MR) is 179 cm³/mol. The maximum Gasteiger partial charge on any atom is 0.338 e. The highest BCUT2D eigenvalue weighted by Gasteiger charge is 2.33. The third-order valence-corrected chi connectivity index (χ3v) is 8.71. The second-order valence-electron chi connectivity index (χ2n) is 10.4. The van der Waals surface area contributed by atoms with Crippen LogP contribution in [0.5, 0.6) is 5.75 Å². The van der Waals surface area contributed by atoms with Crippen molar-refractivity contribution >= 4 is 45.3 Å². The van der Waals surface area contributed by atoms with E-state index in [1.54, 1.807) is 35.9 Å². The van der Waals surface area contributed by atoms with Gasteiger partial charge in [-0.15, -0.1) is 0 Å². The summed E-state index contributed by atoms with van der Waals surface area (Å²) in [7, 11) is 0. The summed E-state index contributed by atoms with van der Waals surface area (Å²) in [5, 5.41) is 4.88. The highest BCUT2D eigenvalue weighted by atomic mass is 79.9. The van der Waals surface area contributed by atoms with Gasteiger partial charge in [-0.25, -0.2) is 14.5 Å². The lowest BCUT2D eigenvalue weighted by Crippen LogP contribution is -2.39. The van der Waals surface area contributed by atoms with Crippen molar-refractivity contribution < 1.29 is 19.1 Å². The molecule has 1 unspecified atom stereocenters. The molecule has 0 radical (unpaired) electrons. The summed E-state index contributed by atoms with van der Waals surface area (Å²) in [4.78, 5) is 44.2. The molecule has 2 aromatic heterocycles. The van der Waals surface area contributed by atoms with Crippen molar-refractivity contribution in [1.82, 2.24) is 14.3 Å². The Kier molecular flexibility index (Phi) is 8.78. The van der Waals surface area contributed by atoms with E-state index >= 15 is 0 Å². The zero-order valence-corrected chi connectivity index (χ0v) is 27.2. The maximum atomic E-state index is 14.3. The third kappa shape index (κ3) is 6.19. The van der Waals surface area contributed by atoms with Crippen LogP contribution in [0.25, 0.3) is 23.0 Å². The Morgan fingerprint density at radius 2 is 1.76 bits per heavy atom. The largest absolute Gasteiger partial charge is 0.458 e. The number of esters is 2. The molecule has 1 atom stereocenters. The van der Waals surface area contributed by atoms with Gasteiger partial charge in [-0.2, -0.15) is 5.10 Å². The number of hydrogen-bond acceptors (Lipinski definition) is 8. The second kappa shape index (κ2) is 13.1. The van der Waals surface area contributed by atoms with Crippen LogP contribution in [0.4, 0.5) is 0 Å². The Bertz CT molecular complexity index is 2180. The average Bonchev–Trinajstić information content (AvgIpc) is 3.60. The molecule has 1 aliphatic rings. The lowest BCUT2D eigenvalue weighted by Gasteiger charge is -2.24. The molecular formula is C35H27BrN4O5S. The van der Waals surface area contributed by atoms with Crippen LogP contribution in [0.3, 0.4) is 0 Å². The summed E-state index contributed by atoms with van der Waals surface area (Å²) in [6.07, 6.45) is 5.17. The molecule has 0 fully saturated rings. The van der Waals surface area contributed by atoms with E-state index in [9.17, 15) is 14.4 Å². The van der Waals surface area contributed by atoms with Crippen molar-refractivity contribution in [2.24, 2.45) is 4.99 Å². The lowest BCUT2D eigenvalue weighted by molar-refractivity contribution is -0.138. The molecule has 5 aromatic rings. The summed E-state index contributed by atoms with van der Waals surface area (Å²) in [5.74, 6) is -0.717. The van der Waals surface area contributed by atoms with Crippen molar-refractivity contribution in [3.63, 3.8) is 0 Å². The fourth-order valence-electron chi connectivity index (χ4n) is 5.17. The molecule has 0 saturated heterocycles. The van der Waals surface area contributed by atoms with Crippen LogP contribution in [0, 0.1) is 0 Å². The van der Waals surface area contributed by atoms with Gasteiger partial charge >= 0.3 is 11.9 Å². The first-order chi connectivity index (χ1) is 22.2. The minimum absolute atomic E-state index is 0.00236. The molecular weight excluding hydrogens is 668 g/mol. The van der Waals surface area contributed by atoms with E-state index in [0.29, 0.717) is 32.0 Å². The fourth-order valence-corrected chi connectivity index (χ4v) is 6.48. The summed E-state index contributed by atoms with van der Waals surface area (Å²) < 4.78 is 15.3. The van der Waals surface area contributed by atoms with Gasteiger partial charge in [-0.1, -0.05) is 82.4 Å². The number of carbonyl (C=O) groups excluding carboxylic acids is 2. The topological polar surface area (TPSA) is 105 Å². The Hall–Kier alpha value is -5.13. The molecule has 230 valence electrons. The molecule has 0 N–H and O–H groups in total. The first-order valence-electron chi connectivity index (χ1n) is 14.2. The van der Waals surface area contributed by atoms with Crippen LogP contribution >= 0.6 is 27.3 Å². The summed E-state index contributed by atoms with van der Waals surface area (Å²) in [6, 6.07) is 23.4. The van der Waals surface area contributed by atoms with E-state index in [2.05, 4.69) is 27.5 Å². The van der Waals surface area contributed by atoms with Crippen molar-refractivity contribution in [3.8, 4) is 22.7 Å². The quantitative estimate of drug-likeness (QED) is 0.121. The highest BCUT2D eigenvalue weighted by molar-refractivity contribution is 9.10. The van der Waals surface area contributed by atoms with E-state index < -0.39 is 18.0 Å². The monoisotopic (exact) mass is 694 g/mol. The number of thiazole rings is 1. The van der Waals surface area contributed by atoms with Gasteiger partial charge in [0.05, 0.1) is 33.2 Å². The number of ether oxygens (including phenoxy) is 2. The maximum absolute atomic E-state index is 14.3. The molecule has 0 aliphatic carbocycles. The highest BCUT2D eigenvalue weighted by Crippen LogP contribution is 2.32. The van der Waals surface area contributed by atoms with Crippen molar-refractivity contribution in [2.45, 2.75) is 19.9 Å². The Morgan fingerprint density at radius 3 is 2.43 bits per heavy atom. The van der Waals surface area contributed by atoms with E-state index in [0.717, 1.165) is 21.3 Å². The second-order valence-corrected chi connectivity index (χ2v) is 12.3. The van der Waals surface area contributed by atoms with Crippen LogP contribution < -0.4 is 19.6 Å². The first-order valence-corrected chi connectivity index (χ1v) is 15.8. The summed E-state index contributed by atoms with van der Waals surface area (Å²) in [5.41, 5.74) is 4.15. The SMILES string of the molecule is C=CCOC(=O)C1=C(C)N=c2s/c(=C\c3cn(-c4ccccc4)nc3-c3ccc(Br)cc3)c(=O)n2C1c1ccc(OC(C)=O)cc1. The summed E-state index contributed by atoms with van der Waals surface area (Å²) >= 11 is 4.72. The molecule has 0 bridgehead atoms. The Morgan fingerprint density at radius 1 is 1.04 bits per heavy atom. The Balaban J connectivity index is 1.53. The van der Waals surface area contributed by atoms with Gasteiger partial charge in [0.25, 0.3) is 5.56 Å². The molecule has 0 saturated carbocycles. The number of rotatable bonds is 8. The van der Waals surface area contributed by atoms with E-state index in [4.69, 9.17) is 14.6 Å². The fraction of sp³-hybridized carbons (Fsp3) is 0.114.